The molecule has 0 spiro atoms. The Morgan fingerprint density at radius 3 is 1.01 bits per heavy atom. The Balaban J connectivity index is 0.00000403. The van der Waals surface area contributed by atoms with Gasteiger partial charge in [0.2, 0.25) is 10.0 Å². The first-order valence-corrected chi connectivity index (χ1v) is 37.6. The van der Waals surface area contributed by atoms with Crippen LogP contribution in [0.4, 0.5) is 0 Å². The van der Waals surface area contributed by atoms with E-state index < -0.39 is 151 Å². The van der Waals surface area contributed by atoms with Gasteiger partial charge in [-0.3, -0.25) is 0 Å². The smallest absolute Gasteiger partial charge is 0.748 e. The van der Waals surface area contributed by atoms with Crippen LogP contribution < -0.4 is 52.4 Å². The van der Waals surface area contributed by atoms with Gasteiger partial charge in [-0.15, -0.1) is 0 Å². The summed E-state index contributed by atoms with van der Waals surface area (Å²) in [5, 5.41) is 9.63. The molecule has 0 saturated carbocycles. The average Bonchev–Trinajstić information content (AvgIpc) is 1.64. The number of sulfone groups is 4. The number of hydrogen-bond acceptors (Lipinski definition) is 26. The van der Waals surface area contributed by atoms with Crippen LogP contribution in [0, 0.1) is 0 Å². The van der Waals surface area contributed by atoms with Gasteiger partial charge >= 0.3 is 54.8 Å². The van der Waals surface area contributed by atoms with Gasteiger partial charge in [-0.25, -0.2) is 82.0 Å². The molecule has 40 heteroatoms. The fourth-order valence-electron chi connectivity index (χ4n) is 8.86. The average molecular weight is 1390 g/mol. The van der Waals surface area contributed by atoms with Crippen LogP contribution in [0.15, 0.2) is 92.4 Å². The van der Waals surface area contributed by atoms with E-state index >= 15 is 0 Å². The number of hydrogen-bond donors (Lipinski definition) is 2. The van der Waals surface area contributed by atoms with Crippen molar-refractivity contribution in [2.45, 2.75) is 58.3 Å². The zero-order chi connectivity index (χ0) is 61.2. The van der Waals surface area contributed by atoms with Crippen molar-refractivity contribution < 1.29 is 141 Å². The zero-order valence-electron chi connectivity index (χ0n) is 45.5. The summed E-state index contributed by atoms with van der Waals surface area (Å²) in [5.41, 5.74) is -0.960. The molecular formula is C47H44CuLi2N9O20S8-. The molecule has 87 heavy (non-hydrogen) atoms. The topological polar surface area (TPSA) is 480 Å². The summed E-state index contributed by atoms with van der Waals surface area (Å²) in [6.07, 6.45) is -3.11. The Morgan fingerprint density at radius 1 is 0.402 bits per heavy atom. The second-order valence-corrected chi connectivity index (χ2v) is 34.2. The van der Waals surface area contributed by atoms with Crippen LogP contribution in [0.3, 0.4) is 0 Å². The second kappa shape index (κ2) is 26.7. The third-order valence-corrected chi connectivity index (χ3v) is 23.9. The van der Waals surface area contributed by atoms with Crippen molar-refractivity contribution in [3.63, 3.8) is 0 Å². The fraction of sp³-hybridized carbons (Fsp3) is 0.319. The number of aliphatic hydroxyl groups is 1. The van der Waals surface area contributed by atoms with Gasteiger partial charge in [0, 0.05) is 68.6 Å². The van der Waals surface area contributed by atoms with E-state index in [1.165, 1.54) is 43.3 Å². The van der Waals surface area contributed by atoms with Gasteiger partial charge in [-0.05, 0) is 103 Å². The summed E-state index contributed by atoms with van der Waals surface area (Å²) >= 11 is 0. The van der Waals surface area contributed by atoms with E-state index in [0.29, 0.717) is 0 Å². The molecule has 1 atom stereocenters. The summed E-state index contributed by atoms with van der Waals surface area (Å²) in [4.78, 5) is 35.9. The first kappa shape index (κ1) is 71.4. The SMILES string of the molecule is CC(O)CNS(=O)(=O)CCCS(=O)(=O)c1ccc2c(c1)-c1nc-2nc2[n-]c(nc3nc(nc4[n-]c(n1)c1ccc(S(=O)(=O)CCCS(=O)(=O)[O-])cc41)-c1ccc(S(=O)(=O)CCCS(=O)(=O)[O-])cc1-3)c1ccc(S(=O)(=O)CCCS(=O)(=O)[O-])cc21.[Cu+2].[Li+].[Li+]. The molecule has 1 unspecified atom stereocenters. The molecule has 5 heterocycles. The van der Waals surface area contributed by atoms with E-state index in [-0.39, 0.29) is 177 Å². The molecule has 2 N–H and O–H groups in total. The number of nitrogens with one attached hydrogen (secondary N) is 1. The van der Waals surface area contributed by atoms with Crippen molar-refractivity contribution in [3.05, 3.63) is 72.8 Å². The van der Waals surface area contributed by atoms with Crippen molar-refractivity contribution in [2.75, 3.05) is 52.6 Å². The predicted molar refractivity (Wildman–Crippen MR) is 298 cm³/mol. The molecule has 4 aromatic carbocycles. The molecule has 2 aliphatic rings. The molecule has 0 saturated heterocycles. The van der Waals surface area contributed by atoms with Gasteiger partial charge < -0.3 is 48.7 Å². The van der Waals surface area contributed by atoms with E-state index in [1.54, 1.807) is 0 Å². The van der Waals surface area contributed by atoms with Crippen molar-refractivity contribution in [3.8, 4) is 45.6 Å². The van der Waals surface area contributed by atoms with Gasteiger partial charge in [0.1, 0.15) is 0 Å². The third-order valence-electron chi connectivity index (χ3n) is 12.9. The van der Waals surface area contributed by atoms with Gasteiger partial charge in [0.15, 0.2) is 39.3 Å². The molecule has 1 radical (unpaired) electrons. The molecule has 29 nitrogen and oxygen atoms in total. The number of nitrogens with zero attached hydrogens (tertiary/aromatic N) is 8. The minimum Gasteiger partial charge on any atom is -0.748 e. The van der Waals surface area contributed by atoms with Crippen molar-refractivity contribution in [1.29, 1.82) is 0 Å². The summed E-state index contributed by atoms with van der Waals surface area (Å²) in [6.45, 7) is 1.03. The van der Waals surface area contributed by atoms with Crippen LogP contribution in [0.2, 0.25) is 0 Å². The summed E-state index contributed by atoms with van der Waals surface area (Å²) in [7, 11) is -35.8. The number of sulfonamides is 1. The van der Waals surface area contributed by atoms with E-state index in [2.05, 4.69) is 24.7 Å². The van der Waals surface area contributed by atoms with E-state index in [0.717, 1.165) is 36.4 Å². The second-order valence-electron chi connectivity index (χ2n) is 19.3. The van der Waals surface area contributed by atoms with Crippen LogP contribution in [0.25, 0.3) is 89.7 Å². The molecule has 9 rings (SSSR count). The monoisotopic (exact) mass is 1390 g/mol. The molecule has 0 fully saturated rings. The molecule has 459 valence electrons. The standard InChI is InChI=1S/C47H47N9O20S8.Cu.2Li/c1-27(57)26-48-81(66,67)18-2-14-77(58,59)28-6-10-32-36(22-28)44-49-40(32)51-45-38-24-30(79(62,63)16-4-20-83(71,72)73)8-12-34(38)42(53-45)55-47-39-25-31(80(64,65)17-5-21-84(74,75)76)9-13-35(39)43(56-47)54-46-37-23-29(7-11-33(37)41(50-44)52-46)78(60,61)15-3-19-82(68,69)70;;;/h6-13,22-25,27,48,57H,2-5,14-21,26H2,1H3,(H3-2,49,50,51,52,53,54,55,56,68,69,70,71,72,73,74,75,76);;;/q-2;+2;2*+1/p-3. The van der Waals surface area contributed by atoms with Crippen LogP contribution in [-0.4, -0.2) is 175 Å². The Bertz CT molecular complexity index is 4970. The minimum absolute atomic E-state index is 0. The Hall–Kier alpha value is -4.65. The number of benzene rings is 4. The quantitative estimate of drug-likeness (QED) is 0.0446. The maximum absolute atomic E-state index is 13.9. The fourth-order valence-corrected chi connectivity index (χ4v) is 17.6. The first-order chi connectivity index (χ1) is 39.0. The Labute approximate surface area is 533 Å². The van der Waals surface area contributed by atoms with Crippen LogP contribution in [-0.2, 0) is 96.8 Å². The first-order valence-electron chi connectivity index (χ1n) is 24.6. The molecule has 2 aliphatic heterocycles. The van der Waals surface area contributed by atoms with E-state index in [4.69, 9.17) is 19.9 Å². The number of rotatable bonds is 23. The third kappa shape index (κ3) is 17.0. The molecule has 7 aromatic rings. The minimum atomic E-state index is -4.81. The number of aromatic nitrogens is 8. The largest absolute Gasteiger partial charge is 2.00 e. The van der Waals surface area contributed by atoms with Crippen molar-refractivity contribution in [2.24, 2.45) is 0 Å². The maximum Gasteiger partial charge on any atom is 2.00 e. The van der Waals surface area contributed by atoms with Crippen LogP contribution in [0.1, 0.15) is 32.6 Å². The van der Waals surface area contributed by atoms with Crippen LogP contribution in [0.5, 0.6) is 0 Å². The van der Waals surface area contributed by atoms with E-state index in [9.17, 15) is 86.1 Å². The van der Waals surface area contributed by atoms with Gasteiger partial charge in [0.25, 0.3) is 0 Å². The van der Waals surface area contributed by atoms with Gasteiger partial charge in [-0.1, -0.05) is 24.3 Å². The zero-order valence-corrected chi connectivity index (χ0v) is 53.0. The number of fused-ring (bicyclic) bond motifs is 20. The van der Waals surface area contributed by atoms with Gasteiger partial charge in [0.05, 0.1) is 108 Å². The molecule has 8 bridgehead atoms. The van der Waals surface area contributed by atoms with Crippen molar-refractivity contribution in [1.82, 2.24) is 44.6 Å². The summed E-state index contributed by atoms with van der Waals surface area (Å²) in [6, 6.07) is 14.3. The maximum atomic E-state index is 13.9. The molecule has 0 amide bonds. The Kier molecular flexibility index (Phi) is 21.9. The van der Waals surface area contributed by atoms with Gasteiger partial charge in [-0.2, -0.15) is 0 Å². The van der Waals surface area contributed by atoms with Crippen molar-refractivity contribution >= 4 is 124 Å². The van der Waals surface area contributed by atoms with E-state index in [1.807, 2.05) is 0 Å². The molecule has 0 aliphatic carbocycles. The normalized spacial score (nSPS) is 13.5. The Morgan fingerprint density at radius 2 is 0.690 bits per heavy atom. The molecule has 3 aromatic heterocycles. The summed E-state index contributed by atoms with van der Waals surface area (Å²) in [5.74, 6) is -7.71. The van der Waals surface area contributed by atoms with Crippen LogP contribution >= 0.6 is 0 Å². The number of aliphatic hydroxyl groups excluding tert-OH is 1. The summed E-state index contributed by atoms with van der Waals surface area (Å²) < 4.78 is 240. The predicted octanol–water partition coefficient (Wildman–Crippen LogP) is -5.28. The molecular weight excluding hydrogens is 1340 g/mol.